The summed E-state index contributed by atoms with van der Waals surface area (Å²) in [5.74, 6) is -2.76. The van der Waals surface area contributed by atoms with Gasteiger partial charge in [-0.3, -0.25) is 9.26 Å². The first-order valence-electron chi connectivity index (χ1n) is 2.17. The van der Waals surface area contributed by atoms with Gasteiger partial charge in [0.05, 0.1) is 6.26 Å². The summed E-state index contributed by atoms with van der Waals surface area (Å²) in [6, 6.07) is 0. The van der Waals surface area contributed by atoms with Crippen LogP contribution in [-0.4, -0.2) is 36.5 Å². The first kappa shape index (κ1) is 18.0. The number of alkyl halides is 3. The zero-order chi connectivity index (χ0) is 10.6. The van der Waals surface area contributed by atoms with Crippen LogP contribution in [0.1, 0.15) is 0 Å². The highest BCUT2D eigenvalue weighted by molar-refractivity contribution is 7.85. The van der Waals surface area contributed by atoms with E-state index in [1.807, 2.05) is 0 Å². The van der Waals surface area contributed by atoms with Gasteiger partial charge in [-0.05, 0) is 0 Å². The van der Waals surface area contributed by atoms with E-state index < -0.39 is 22.3 Å². The van der Waals surface area contributed by atoms with Gasteiger partial charge in [0.25, 0.3) is 10.1 Å². The van der Waals surface area contributed by atoms with Crippen LogP contribution in [0, 0.1) is 0 Å². The Balaban J connectivity index is -0.000000150. The van der Waals surface area contributed by atoms with Gasteiger partial charge in [0.1, 0.15) is 0 Å². The Morgan fingerprint density at radius 3 is 1.38 bits per heavy atom. The van der Waals surface area contributed by atoms with Crippen molar-refractivity contribution in [2.45, 2.75) is 6.18 Å². The zero-order valence-corrected chi connectivity index (χ0v) is 6.89. The van der Waals surface area contributed by atoms with Crippen LogP contribution < -0.4 is 0 Å². The molecule has 82 valence electrons. The van der Waals surface area contributed by atoms with Gasteiger partial charge in [-0.25, -0.2) is 4.79 Å². The lowest BCUT2D eigenvalue weighted by molar-refractivity contribution is -0.192. The molecule has 0 aromatic heterocycles. The van der Waals surface area contributed by atoms with E-state index in [1.165, 1.54) is 0 Å². The van der Waals surface area contributed by atoms with Gasteiger partial charge in [-0.1, -0.05) is 0 Å². The van der Waals surface area contributed by atoms with Crippen LogP contribution in [0.2, 0.25) is 0 Å². The Bertz CT molecular complexity index is 233. The molecule has 0 unspecified atom stereocenters. The van der Waals surface area contributed by atoms with E-state index in [2.05, 4.69) is 0 Å². The first-order chi connectivity index (χ1) is 4.94. The Hall–Kier alpha value is -0.900. The number of carboxylic acids is 1. The molecule has 0 aliphatic heterocycles. The number of halogens is 4. The Labute approximate surface area is 70.3 Å². The molecule has 13 heavy (non-hydrogen) atoms. The molecule has 0 aromatic rings. The maximum Gasteiger partial charge on any atom is 0.490 e. The van der Waals surface area contributed by atoms with E-state index >= 15 is 0 Å². The Morgan fingerprint density at radius 1 is 1.31 bits per heavy atom. The minimum absolute atomic E-state index is 0. The molecule has 0 aromatic carbocycles. The summed E-state index contributed by atoms with van der Waals surface area (Å²) in [7, 11) is -3.67. The van der Waals surface area contributed by atoms with Crippen molar-refractivity contribution in [2.75, 3.05) is 6.26 Å². The molecular weight excluding hydrogens is 224 g/mol. The molecule has 0 amide bonds. The number of rotatable bonds is 0. The van der Waals surface area contributed by atoms with Crippen LogP contribution in [0.5, 0.6) is 0 Å². The van der Waals surface area contributed by atoms with Gasteiger partial charge >= 0.3 is 12.1 Å². The van der Waals surface area contributed by atoms with E-state index in [1.54, 1.807) is 0 Å². The molecule has 0 aliphatic rings. The smallest absolute Gasteiger partial charge is 0.475 e. The highest BCUT2D eigenvalue weighted by Crippen LogP contribution is 2.13. The van der Waals surface area contributed by atoms with Crippen molar-refractivity contribution < 1.29 is 40.7 Å². The standard InChI is InChI=1S/C2HF3O2.CH4O3S.FH/c3-2(4,5)1(6)7;1-5(2,3)4;/h(H,6,7);1H3,(H,2,3,4);1H. The van der Waals surface area contributed by atoms with Gasteiger partial charge in [0.15, 0.2) is 0 Å². The second-order valence-electron chi connectivity index (χ2n) is 1.54. The van der Waals surface area contributed by atoms with Crippen LogP contribution >= 0.6 is 0 Å². The van der Waals surface area contributed by atoms with E-state index in [0.717, 1.165) is 0 Å². The summed E-state index contributed by atoms with van der Waals surface area (Å²) >= 11 is 0. The molecule has 10 heteroatoms. The maximum absolute atomic E-state index is 10.6. The minimum atomic E-state index is -5.08. The van der Waals surface area contributed by atoms with Crippen molar-refractivity contribution in [1.82, 2.24) is 0 Å². The van der Waals surface area contributed by atoms with Crippen LogP contribution in [0.25, 0.3) is 0 Å². The second kappa shape index (κ2) is 5.70. The molecule has 5 nitrogen and oxygen atoms in total. The number of aliphatic carboxylic acids is 1. The maximum atomic E-state index is 10.6. The van der Waals surface area contributed by atoms with Gasteiger partial charge in [-0.2, -0.15) is 21.6 Å². The van der Waals surface area contributed by atoms with Crippen molar-refractivity contribution in [2.24, 2.45) is 0 Å². The fourth-order valence-corrected chi connectivity index (χ4v) is 0. The van der Waals surface area contributed by atoms with Crippen LogP contribution in [-0.2, 0) is 14.9 Å². The number of hydrogen-bond donors (Lipinski definition) is 2. The summed E-state index contributed by atoms with van der Waals surface area (Å²) in [4.78, 5) is 8.90. The highest BCUT2D eigenvalue weighted by atomic mass is 32.2. The molecule has 0 spiro atoms. The third kappa shape index (κ3) is 35.3. The molecule has 0 rings (SSSR count). The summed E-state index contributed by atoms with van der Waals surface area (Å²) in [5.41, 5.74) is 0. The molecule has 0 fully saturated rings. The van der Waals surface area contributed by atoms with Gasteiger partial charge in [0, 0.05) is 0 Å². The van der Waals surface area contributed by atoms with Crippen molar-refractivity contribution >= 4 is 16.1 Å². The fraction of sp³-hybridized carbons (Fsp3) is 0.667. The number of carbonyl (C=O) groups is 1. The highest BCUT2D eigenvalue weighted by Gasteiger charge is 2.38. The van der Waals surface area contributed by atoms with E-state index in [9.17, 15) is 21.6 Å². The normalized spacial score (nSPS) is 10.5. The number of carboxylic acid groups (broad SMARTS) is 1. The second-order valence-corrected chi connectivity index (χ2v) is 3.00. The average Bonchev–Trinajstić information content (AvgIpc) is 1.55. The Kier molecular flexibility index (Phi) is 7.89. The molecule has 0 radical (unpaired) electrons. The van der Waals surface area contributed by atoms with E-state index in [-0.39, 0.29) is 4.70 Å². The SMILES string of the molecule is CS(=O)(=O)O.F.O=C(O)C(F)(F)F. The summed E-state index contributed by atoms with van der Waals surface area (Å²) in [6.07, 6.45) is -4.37. The topological polar surface area (TPSA) is 91.7 Å². The minimum Gasteiger partial charge on any atom is -0.475 e. The molecule has 0 heterocycles. The monoisotopic (exact) mass is 230 g/mol. The van der Waals surface area contributed by atoms with Crippen LogP contribution in [0.3, 0.4) is 0 Å². The third-order valence-corrected chi connectivity index (χ3v) is 0.243. The van der Waals surface area contributed by atoms with Gasteiger partial charge in [-0.15, -0.1) is 0 Å². The lowest BCUT2D eigenvalue weighted by Crippen LogP contribution is -2.21. The number of hydrogen-bond acceptors (Lipinski definition) is 3. The summed E-state index contributed by atoms with van der Waals surface area (Å²) in [5, 5.41) is 7.12. The molecular formula is C3H6F4O5S. The third-order valence-electron chi connectivity index (χ3n) is 0.243. The van der Waals surface area contributed by atoms with Gasteiger partial charge < -0.3 is 5.11 Å². The molecule has 2 N–H and O–H groups in total. The zero-order valence-electron chi connectivity index (χ0n) is 6.07. The van der Waals surface area contributed by atoms with Crippen LogP contribution in [0.15, 0.2) is 0 Å². The van der Waals surface area contributed by atoms with Crippen LogP contribution in [0.4, 0.5) is 17.9 Å². The Morgan fingerprint density at radius 2 is 1.38 bits per heavy atom. The summed E-state index contributed by atoms with van der Waals surface area (Å²) < 4.78 is 57.6. The summed E-state index contributed by atoms with van der Waals surface area (Å²) in [6.45, 7) is 0. The van der Waals surface area contributed by atoms with Crippen molar-refractivity contribution in [1.29, 1.82) is 0 Å². The van der Waals surface area contributed by atoms with Gasteiger partial charge in [0.2, 0.25) is 0 Å². The molecule has 0 saturated carbocycles. The molecule has 0 aliphatic carbocycles. The van der Waals surface area contributed by atoms with E-state index in [0.29, 0.717) is 6.26 Å². The molecule has 0 atom stereocenters. The van der Waals surface area contributed by atoms with Crippen molar-refractivity contribution in [3.63, 3.8) is 0 Å². The fourth-order valence-electron chi connectivity index (χ4n) is 0. The van der Waals surface area contributed by atoms with Crippen molar-refractivity contribution in [3.8, 4) is 0 Å². The predicted molar refractivity (Wildman–Crippen MR) is 33.7 cm³/mol. The van der Waals surface area contributed by atoms with Crippen molar-refractivity contribution in [3.05, 3.63) is 0 Å². The lowest BCUT2D eigenvalue weighted by atomic mass is 10.7. The largest absolute Gasteiger partial charge is 0.490 e. The first-order valence-corrected chi connectivity index (χ1v) is 4.02. The predicted octanol–water partition coefficient (Wildman–Crippen LogP) is 0.290. The quantitative estimate of drug-likeness (QED) is 0.461. The average molecular weight is 230 g/mol. The molecule has 0 bridgehead atoms. The molecule has 0 saturated heterocycles. The lowest BCUT2D eigenvalue weighted by Gasteiger charge is -1.93. The van der Waals surface area contributed by atoms with E-state index in [4.69, 9.17) is 14.5 Å².